The number of ether oxygens (including phenoxy) is 3. The predicted octanol–water partition coefficient (Wildman–Crippen LogP) is 3.42. The van der Waals surface area contributed by atoms with Crippen LogP contribution in [0, 0.1) is 22.7 Å². The van der Waals surface area contributed by atoms with E-state index in [0.29, 0.717) is 12.2 Å². The molecule has 8 nitrogen and oxygen atoms in total. The van der Waals surface area contributed by atoms with Gasteiger partial charge in [-0.1, -0.05) is 26.3 Å². The topological polar surface area (TPSA) is 111 Å². The van der Waals surface area contributed by atoms with Crippen LogP contribution in [0.4, 0.5) is 13.6 Å². The van der Waals surface area contributed by atoms with Gasteiger partial charge in [-0.3, -0.25) is 9.59 Å². The van der Waals surface area contributed by atoms with Crippen LogP contribution in [0.2, 0.25) is 0 Å². The summed E-state index contributed by atoms with van der Waals surface area (Å²) >= 11 is 4.03. The van der Waals surface area contributed by atoms with Crippen molar-refractivity contribution in [3.8, 4) is 0 Å². The number of ketones is 2. The van der Waals surface area contributed by atoms with Gasteiger partial charge in [-0.25, -0.2) is 13.6 Å². The Bertz CT molecular complexity index is 1120. The van der Waals surface area contributed by atoms with Gasteiger partial charge >= 0.3 is 6.09 Å². The molecule has 4 aliphatic carbocycles. The molecule has 2 N–H and O–H groups in total. The van der Waals surface area contributed by atoms with Gasteiger partial charge in [-0.05, 0) is 56.3 Å². The van der Waals surface area contributed by atoms with Gasteiger partial charge in [0.25, 0.3) is 0 Å². The molecular formula is C28H37F2NO7S. The summed E-state index contributed by atoms with van der Waals surface area (Å²) < 4.78 is 51.0. The minimum Gasteiger partial charge on any atom is -0.441 e. The maximum Gasteiger partial charge on any atom is 0.407 e. The van der Waals surface area contributed by atoms with E-state index >= 15 is 8.78 Å². The molecule has 0 aromatic heterocycles. The maximum atomic E-state index is 17.4. The first-order chi connectivity index (χ1) is 18.4. The molecule has 11 heteroatoms. The van der Waals surface area contributed by atoms with Crippen LogP contribution >= 0.6 is 12.6 Å². The lowest BCUT2D eigenvalue weighted by atomic mass is 9.44. The molecule has 1 aliphatic heterocycles. The van der Waals surface area contributed by atoms with Crippen molar-refractivity contribution < 1.29 is 42.5 Å². The number of alkyl halides is 2. The second-order valence-corrected chi connectivity index (χ2v) is 12.4. The van der Waals surface area contributed by atoms with E-state index in [0.717, 1.165) is 12.5 Å². The molecule has 1 saturated heterocycles. The summed E-state index contributed by atoms with van der Waals surface area (Å²) in [4.78, 5) is 38.1. The first-order valence-corrected chi connectivity index (χ1v) is 14.4. The van der Waals surface area contributed by atoms with E-state index in [2.05, 4.69) is 17.9 Å². The lowest BCUT2D eigenvalue weighted by molar-refractivity contribution is -0.234. The maximum absolute atomic E-state index is 17.4. The van der Waals surface area contributed by atoms with Crippen LogP contribution in [0.1, 0.15) is 52.9 Å². The Balaban J connectivity index is 1.53. The van der Waals surface area contributed by atoms with E-state index in [1.807, 2.05) is 6.92 Å². The smallest absolute Gasteiger partial charge is 0.407 e. The standard InChI is InChI=1S/C28H37F2NO7S/c1-4-5-23-37-22-12-16-17-11-19(29)18-10-15(32)6-7-25(18,2)27(17,30)20(33)13-26(16,3)28(22,38-23)21(34)14-36-24(35)31-8-9-39/h6-7,10,16-17,19-20,22-23,33,39H,4-5,8-9,11-14H2,1-3H3,(H,31,35)/t16-,17-,19-,20-,22+,23?,25-,26-,27-,28+/m0/s1. The fourth-order valence-electron chi connectivity index (χ4n) is 8.33. The number of hydrogen-bond donors (Lipinski definition) is 3. The molecule has 10 atom stereocenters. The number of carbonyl (C=O) groups is 3. The summed E-state index contributed by atoms with van der Waals surface area (Å²) in [7, 11) is 0. The molecular weight excluding hydrogens is 532 g/mol. The number of aliphatic hydroxyl groups is 1. The fraction of sp³-hybridized carbons (Fsp3) is 0.750. The van der Waals surface area contributed by atoms with E-state index in [-0.39, 0.29) is 31.4 Å². The number of amides is 1. The number of thiol groups is 1. The Morgan fingerprint density at radius 3 is 2.72 bits per heavy atom. The highest BCUT2D eigenvalue weighted by Crippen LogP contribution is 2.72. The average Bonchev–Trinajstić information content (AvgIpc) is 3.37. The zero-order chi connectivity index (χ0) is 28.4. The Morgan fingerprint density at radius 1 is 1.28 bits per heavy atom. The van der Waals surface area contributed by atoms with Crippen molar-refractivity contribution in [2.45, 2.75) is 88.8 Å². The molecule has 39 heavy (non-hydrogen) atoms. The first-order valence-electron chi connectivity index (χ1n) is 13.7. The van der Waals surface area contributed by atoms with Crippen molar-refractivity contribution in [3.63, 3.8) is 0 Å². The predicted molar refractivity (Wildman–Crippen MR) is 140 cm³/mol. The van der Waals surface area contributed by atoms with Crippen LogP contribution in [0.25, 0.3) is 0 Å². The first kappa shape index (κ1) is 28.7. The number of fused-ring (bicyclic) bond motifs is 7. The van der Waals surface area contributed by atoms with Crippen LogP contribution in [0.3, 0.4) is 0 Å². The molecule has 1 unspecified atom stereocenters. The molecule has 0 aromatic carbocycles. The highest BCUT2D eigenvalue weighted by Gasteiger charge is 2.80. The third-order valence-corrected chi connectivity index (χ3v) is 10.3. The van der Waals surface area contributed by atoms with E-state index in [9.17, 15) is 19.5 Å². The molecule has 0 bridgehead atoms. The number of halogens is 2. The van der Waals surface area contributed by atoms with Gasteiger partial charge in [0.15, 0.2) is 29.9 Å². The van der Waals surface area contributed by atoms with Crippen molar-refractivity contribution >= 4 is 30.3 Å². The normalized spacial score (nSPS) is 46.0. The third-order valence-electron chi connectivity index (χ3n) is 10.1. The van der Waals surface area contributed by atoms with Gasteiger partial charge in [0.2, 0.25) is 5.78 Å². The van der Waals surface area contributed by atoms with E-state index in [4.69, 9.17) is 14.2 Å². The minimum absolute atomic E-state index is 0.0384. The van der Waals surface area contributed by atoms with Crippen molar-refractivity contribution in [1.82, 2.24) is 5.32 Å². The number of rotatable bonds is 7. The largest absolute Gasteiger partial charge is 0.441 e. The summed E-state index contributed by atoms with van der Waals surface area (Å²) in [6, 6.07) is 0. The Morgan fingerprint density at radius 2 is 2.03 bits per heavy atom. The Hall–Kier alpha value is -1.82. The molecule has 1 heterocycles. The summed E-state index contributed by atoms with van der Waals surface area (Å²) in [5.41, 5.74) is -6.51. The van der Waals surface area contributed by atoms with Gasteiger partial charge < -0.3 is 24.6 Å². The molecule has 5 rings (SSSR count). The lowest BCUT2D eigenvalue weighted by Gasteiger charge is -2.63. The van der Waals surface area contributed by atoms with Crippen LogP contribution in [0.15, 0.2) is 23.8 Å². The molecule has 0 spiro atoms. The number of hydrogen-bond acceptors (Lipinski definition) is 8. The van der Waals surface area contributed by atoms with Crippen LogP contribution in [0.5, 0.6) is 0 Å². The number of aliphatic hydroxyl groups excluding tert-OH is 1. The monoisotopic (exact) mass is 569 g/mol. The molecule has 216 valence electrons. The van der Waals surface area contributed by atoms with E-state index < -0.39 is 82.9 Å². The summed E-state index contributed by atoms with van der Waals surface area (Å²) in [5.74, 6) is -2.11. The quantitative estimate of drug-likeness (QED) is 0.403. The minimum atomic E-state index is -2.28. The third kappa shape index (κ3) is 3.89. The fourth-order valence-corrected chi connectivity index (χ4v) is 8.45. The van der Waals surface area contributed by atoms with Crippen LogP contribution in [-0.4, -0.2) is 77.6 Å². The molecule has 5 aliphatic rings. The summed E-state index contributed by atoms with van der Waals surface area (Å²) in [5, 5.41) is 14.1. The van der Waals surface area contributed by atoms with E-state index in [1.54, 1.807) is 6.92 Å². The van der Waals surface area contributed by atoms with E-state index in [1.165, 1.54) is 19.1 Å². The highest BCUT2D eigenvalue weighted by molar-refractivity contribution is 7.80. The molecule has 4 fully saturated rings. The van der Waals surface area contributed by atoms with Gasteiger partial charge in [0.05, 0.1) is 12.2 Å². The van der Waals surface area contributed by atoms with Gasteiger partial charge in [-0.15, -0.1) is 0 Å². The average molecular weight is 570 g/mol. The molecule has 1 amide bonds. The summed E-state index contributed by atoms with van der Waals surface area (Å²) in [6.45, 7) is 4.92. The lowest BCUT2D eigenvalue weighted by Crippen LogP contribution is -2.71. The zero-order valence-electron chi connectivity index (χ0n) is 22.5. The summed E-state index contributed by atoms with van der Waals surface area (Å²) in [6.07, 6.45) is -0.577. The molecule has 3 saturated carbocycles. The molecule has 0 radical (unpaired) electrons. The second kappa shape index (κ2) is 9.92. The van der Waals surface area contributed by atoms with Crippen molar-refractivity contribution in [2.24, 2.45) is 22.7 Å². The Kier molecular flexibility index (Phi) is 7.30. The Labute approximate surface area is 232 Å². The van der Waals surface area contributed by atoms with Crippen molar-refractivity contribution in [3.05, 3.63) is 23.8 Å². The molecule has 0 aromatic rings. The second-order valence-electron chi connectivity index (χ2n) is 11.9. The zero-order valence-corrected chi connectivity index (χ0v) is 23.3. The number of allylic oxidation sites excluding steroid dienone is 4. The van der Waals surface area contributed by atoms with Gasteiger partial charge in [0, 0.05) is 29.0 Å². The SMILES string of the molecule is CCCC1O[C@@H]2C[C@H]3[C@@H]4C[C@H](F)C5=CC(=O)C=C[C@]5(C)[C@@]4(F)[C@@H](O)C[C@]3(C)[C@]2(C(=O)COC(=O)NCCS)O1. The number of carbonyl (C=O) groups excluding carboxylic acids is 3. The van der Waals surface area contributed by atoms with Crippen molar-refractivity contribution in [2.75, 3.05) is 18.9 Å². The van der Waals surface area contributed by atoms with Gasteiger partial charge in [-0.2, -0.15) is 12.6 Å². The van der Waals surface area contributed by atoms with Crippen LogP contribution in [-0.2, 0) is 23.8 Å². The highest BCUT2D eigenvalue weighted by atomic mass is 32.1. The van der Waals surface area contributed by atoms with Crippen molar-refractivity contribution in [1.29, 1.82) is 0 Å². The van der Waals surface area contributed by atoms with Crippen LogP contribution < -0.4 is 5.32 Å². The number of Topliss-reactive ketones (excluding diaryl/α,β-unsaturated/α-hetero) is 1. The number of nitrogens with one attached hydrogen (secondary N) is 1. The van der Waals surface area contributed by atoms with Gasteiger partial charge in [0.1, 0.15) is 6.17 Å². The number of alkyl carbamates (subject to hydrolysis) is 1.